The molecule has 1 fully saturated rings. The zero-order valence-corrected chi connectivity index (χ0v) is 18.8. The highest BCUT2D eigenvalue weighted by Crippen LogP contribution is 2.23. The zero-order valence-electron chi connectivity index (χ0n) is 15.6. The highest BCUT2D eigenvalue weighted by Gasteiger charge is 2.26. The Labute approximate surface area is 185 Å². The van der Waals surface area contributed by atoms with Gasteiger partial charge in [-0.1, -0.05) is 43.1 Å². The van der Waals surface area contributed by atoms with E-state index in [4.69, 9.17) is 4.52 Å². The summed E-state index contributed by atoms with van der Waals surface area (Å²) >= 11 is 6.85. The van der Waals surface area contributed by atoms with E-state index < -0.39 is 0 Å². The molecule has 0 bridgehead atoms. The molecule has 0 unspecified atom stereocenters. The minimum atomic E-state index is 0.0197. The van der Waals surface area contributed by atoms with Crippen molar-refractivity contribution in [3.8, 4) is 11.4 Å². The van der Waals surface area contributed by atoms with Crippen molar-refractivity contribution in [2.75, 3.05) is 18.4 Å². The van der Waals surface area contributed by atoms with Crippen LogP contribution in [0.15, 0.2) is 62.0 Å². The van der Waals surface area contributed by atoms with Crippen LogP contribution >= 0.6 is 31.9 Å². The minimum Gasteiger partial charge on any atom is -0.338 e. The normalized spacial score (nSPS) is 15.4. The van der Waals surface area contributed by atoms with Gasteiger partial charge in [-0.2, -0.15) is 4.98 Å². The summed E-state index contributed by atoms with van der Waals surface area (Å²) in [7, 11) is 0. The average molecular weight is 520 g/mol. The van der Waals surface area contributed by atoms with E-state index >= 15 is 0 Å². The van der Waals surface area contributed by atoms with Gasteiger partial charge in [0.05, 0.1) is 6.54 Å². The summed E-state index contributed by atoms with van der Waals surface area (Å²) in [5.74, 6) is 1.29. The molecule has 4 rings (SSSR count). The first kappa shape index (κ1) is 20.3. The topological polar surface area (TPSA) is 71.3 Å². The molecular weight excluding hydrogens is 500 g/mol. The summed E-state index contributed by atoms with van der Waals surface area (Å²) in [5.41, 5.74) is 1.74. The molecule has 1 N–H and O–H groups in total. The molecule has 0 atom stereocenters. The van der Waals surface area contributed by atoms with Gasteiger partial charge in [-0.05, 0) is 68.4 Å². The summed E-state index contributed by atoms with van der Waals surface area (Å²) < 4.78 is 7.38. The maximum absolute atomic E-state index is 12.5. The maximum Gasteiger partial charge on any atom is 0.241 e. The van der Waals surface area contributed by atoms with Crippen LogP contribution in [-0.4, -0.2) is 34.0 Å². The van der Waals surface area contributed by atoms with Gasteiger partial charge in [0.25, 0.3) is 0 Å². The molecule has 8 heteroatoms. The first-order valence-corrected chi connectivity index (χ1v) is 11.0. The number of amides is 1. The Morgan fingerprint density at radius 1 is 1.10 bits per heavy atom. The highest BCUT2D eigenvalue weighted by atomic mass is 79.9. The molecule has 2 aromatic carbocycles. The average Bonchev–Trinajstić information content (AvgIpc) is 3.17. The summed E-state index contributed by atoms with van der Waals surface area (Å²) in [6.45, 7) is 2.25. The van der Waals surface area contributed by atoms with E-state index in [0.29, 0.717) is 18.3 Å². The van der Waals surface area contributed by atoms with Gasteiger partial charge in [0.15, 0.2) is 0 Å². The van der Waals surface area contributed by atoms with Gasteiger partial charge in [-0.3, -0.25) is 9.69 Å². The predicted octanol–water partition coefficient (Wildman–Crippen LogP) is 5.11. The van der Waals surface area contributed by atoms with Crippen molar-refractivity contribution in [1.29, 1.82) is 0 Å². The van der Waals surface area contributed by atoms with Gasteiger partial charge >= 0.3 is 0 Å². The first-order chi connectivity index (χ1) is 14.1. The lowest BCUT2D eigenvalue weighted by atomic mass is 9.96. The van der Waals surface area contributed by atoms with Gasteiger partial charge < -0.3 is 9.84 Å². The smallest absolute Gasteiger partial charge is 0.241 e. The van der Waals surface area contributed by atoms with Crippen LogP contribution in [0.1, 0.15) is 18.7 Å². The molecule has 0 saturated carbocycles. The molecule has 0 aliphatic carbocycles. The standard InChI is InChI=1S/C21H20Br2N4O2/c22-16-6-4-14(5-7-16)20-25-19(29-26-20)13-27-10-8-15(9-11-27)21(28)24-18-3-1-2-17(23)12-18/h1-7,12,15H,8-11,13H2,(H,24,28). The Morgan fingerprint density at radius 3 is 2.59 bits per heavy atom. The second-order valence-corrected chi connectivity index (χ2v) is 8.90. The van der Waals surface area contributed by atoms with Crippen LogP contribution in [0, 0.1) is 5.92 Å². The number of carbonyl (C=O) groups excluding carboxylic acids is 1. The van der Waals surface area contributed by atoms with E-state index in [9.17, 15) is 4.79 Å². The number of benzene rings is 2. The van der Waals surface area contributed by atoms with Crippen LogP contribution in [-0.2, 0) is 11.3 Å². The number of carbonyl (C=O) groups is 1. The van der Waals surface area contributed by atoms with Crippen LogP contribution in [0.25, 0.3) is 11.4 Å². The molecule has 1 amide bonds. The van der Waals surface area contributed by atoms with E-state index in [-0.39, 0.29) is 11.8 Å². The molecule has 1 aliphatic rings. The Hall–Kier alpha value is -2.03. The Morgan fingerprint density at radius 2 is 1.86 bits per heavy atom. The van der Waals surface area contributed by atoms with Crippen LogP contribution in [0.4, 0.5) is 5.69 Å². The summed E-state index contributed by atoms with van der Waals surface area (Å²) in [6, 6.07) is 15.5. The van der Waals surface area contributed by atoms with E-state index in [2.05, 4.69) is 52.2 Å². The molecule has 1 aliphatic heterocycles. The largest absolute Gasteiger partial charge is 0.338 e. The van der Waals surface area contributed by atoms with Gasteiger partial charge in [0.1, 0.15) is 0 Å². The predicted molar refractivity (Wildman–Crippen MR) is 118 cm³/mol. The lowest BCUT2D eigenvalue weighted by molar-refractivity contribution is -0.121. The Kier molecular flexibility index (Phi) is 6.42. The van der Waals surface area contributed by atoms with Crippen molar-refractivity contribution in [2.45, 2.75) is 19.4 Å². The number of nitrogens with one attached hydrogen (secondary N) is 1. The molecule has 1 saturated heterocycles. The summed E-state index contributed by atoms with van der Waals surface area (Å²) in [5, 5.41) is 7.09. The van der Waals surface area contributed by atoms with Crippen LogP contribution in [0.2, 0.25) is 0 Å². The number of rotatable bonds is 5. The molecule has 0 spiro atoms. The SMILES string of the molecule is O=C(Nc1cccc(Br)c1)C1CCN(Cc2nc(-c3ccc(Br)cc3)no2)CC1. The molecule has 2 heterocycles. The van der Waals surface area contributed by atoms with Crippen LogP contribution in [0.5, 0.6) is 0 Å². The number of likely N-dealkylation sites (tertiary alicyclic amines) is 1. The molecular formula is C21H20Br2N4O2. The fourth-order valence-corrected chi connectivity index (χ4v) is 4.05. The van der Waals surface area contributed by atoms with Gasteiger partial charge in [-0.25, -0.2) is 0 Å². The van der Waals surface area contributed by atoms with Gasteiger partial charge in [-0.15, -0.1) is 0 Å². The van der Waals surface area contributed by atoms with E-state index in [1.807, 2.05) is 48.5 Å². The van der Waals surface area contributed by atoms with Crippen molar-refractivity contribution in [3.05, 3.63) is 63.4 Å². The number of halogens is 2. The fraction of sp³-hybridized carbons (Fsp3) is 0.286. The summed E-state index contributed by atoms with van der Waals surface area (Å²) in [6.07, 6.45) is 1.63. The number of hydrogen-bond acceptors (Lipinski definition) is 5. The number of aromatic nitrogens is 2. The molecule has 6 nitrogen and oxygen atoms in total. The van der Waals surface area contributed by atoms with E-state index in [1.165, 1.54) is 0 Å². The number of anilines is 1. The Bertz CT molecular complexity index is 982. The van der Waals surface area contributed by atoms with Crippen molar-refractivity contribution in [3.63, 3.8) is 0 Å². The molecule has 0 radical (unpaired) electrons. The number of nitrogens with zero attached hydrogens (tertiary/aromatic N) is 3. The van der Waals surface area contributed by atoms with Crippen molar-refractivity contribution < 1.29 is 9.32 Å². The lowest BCUT2D eigenvalue weighted by Gasteiger charge is -2.30. The lowest BCUT2D eigenvalue weighted by Crippen LogP contribution is -2.37. The molecule has 1 aromatic heterocycles. The third-order valence-corrected chi connectivity index (χ3v) is 6.00. The number of piperidine rings is 1. The third-order valence-electron chi connectivity index (χ3n) is 4.98. The first-order valence-electron chi connectivity index (χ1n) is 9.44. The second-order valence-electron chi connectivity index (χ2n) is 7.07. The second kappa shape index (κ2) is 9.19. The molecule has 150 valence electrons. The van der Waals surface area contributed by atoms with Crippen molar-refractivity contribution in [2.24, 2.45) is 5.92 Å². The van der Waals surface area contributed by atoms with Crippen molar-refractivity contribution >= 4 is 43.5 Å². The maximum atomic E-state index is 12.5. The molecule has 3 aromatic rings. The third kappa shape index (κ3) is 5.32. The van der Waals surface area contributed by atoms with Gasteiger partial charge in [0.2, 0.25) is 17.6 Å². The van der Waals surface area contributed by atoms with E-state index in [1.54, 1.807) is 0 Å². The fourth-order valence-electron chi connectivity index (χ4n) is 3.39. The minimum absolute atomic E-state index is 0.0197. The van der Waals surface area contributed by atoms with Gasteiger partial charge in [0, 0.05) is 26.1 Å². The highest BCUT2D eigenvalue weighted by molar-refractivity contribution is 9.10. The van der Waals surface area contributed by atoms with Crippen LogP contribution < -0.4 is 5.32 Å². The Balaban J connectivity index is 1.29. The summed E-state index contributed by atoms with van der Waals surface area (Å²) in [4.78, 5) is 19.3. The van der Waals surface area contributed by atoms with Crippen molar-refractivity contribution in [1.82, 2.24) is 15.0 Å². The van der Waals surface area contributed by atoms with Crippen LogP contribution in [0.3, 0.4) is 0 Å². The van der Waals surface area contributed by atoms with E-state index in [0.717, 1.165) is 46.1 Å². The zero-order chi connectivity index (χ0) is 20.2. The quantitative estimate of drug-likeness (QED) is 0.507. The monoisotopic (exact) mass is 518 g/mol. The number of hydrogen-bond donors (Lipinski definition) is 1. The molecule has 29 heavy (non-hydrogen) atoms.